The third-order valence-electron chi connectivity index (χ3n) is 3.45. The van der Waals surface area contributed by atoms with E-state index in [0.717, 1.165) is 43.9 Å². The monoisotopic (exact) mass is 314 g/mol. The maximum absolute atomic E-state index is 6.23. The molecule has 4 nitrogen and oxygen atoms in total. The van der Waals surface area contributed by atoms with Gasteiger partial charge in [0.05, 0.1) is 5.69 Å². The molecule has 0 aliphatic heterocycles. The molecule has 0 spiro atoms. The van der Waals surface area contributed by atoms with Gasteiger partial charge in [-0.05, 0) is 32.9 Å². The SMILES string of the molecule is CCCCc1nc(Cl)c(CNC(CC(C)C)CN(C)C)[nH]1. The van der Waals surface area contributed by atoms with E-state index in [1.807, 2.05) is 0 Å². The first-order valence-electron chi connectivity index (χ1n) is 8.03. The van der Waals surface area contributed by atoms with Crippen molar-refractivity contribution in [2.45, 2.75) is 59.0 Å². The van der Waals surface area contributed by atoms with Crippen LogP contribution in [-0.4, -0.2) is 41.5 Å². The summed E-state index contributed by atoms with van der Waals surface area (Å²) in [5.41, 5.74) is 1.01. The summed E-state index contributed by atoms with van der Waals surface area (Å²) in [5.74, 6) is 1.69. The second-order valence-corrected chi connectivity index (χ2v) is 6.88. The van der Waals surface area contributed by atoms with E-state index in [4.69, 9.17) is 11.6 Å². The summed E-state index contributed by atoms with van der Waals surface area (Å²) < 4.78 is 0. The fraction of sp³-hybridized carbons (Fsp3) is 0.812. The molecule has 21 heavy (non-hydrogen) atoms. The Kier molecular flexibility index (Phi) is 8.30. The van der Waals surface area contributed by atoms with Crippen LogP contribution in [0.5, 0.6) is 0 Å². The van der Waals surface area contributed by atoms with Crippen molar-refractivity contribution in [3.05, 3.63) is 16.7 Å². The highest BCUT2D eigenvalue weighted by molar-refractivity contribution is 6.30. The van der Waals surface area contributed by atoms with Crippen molar-refractivity contribution in [2.75, 3.05) is 20.6 Å². The van der Waals surface area contributed by atoms with E-state index in [2.05, 4.69) is 55.1 Å². The Morgan fingerprint density at radius 3 is 2.62 bits per heavy atom. The number of hydrogen-bond donors (Lipinski definition) is 2. The van der Waals surface area contributed by atoms with E-state index in [9.17, 15) is 0 Å². The van der Waals surface area contributed by atoms with Gasteiger partial charge in [0.25, 0.3) is 0 Å². The van der Waals surface area contributed by atoms with E-state index >= 15 is 0 Å². The minimum atomic E-state index is 0.471. The highest BCUT2D eigenvalue weighted by Gasteiger charge is 2.14. The summed E-state index contributed by atoms with van der Waals surface area (Å²) in [5, 5.41) is 4.22. The van der Waals surface area contributed by atoms with Crippen molar-refractivity contribution in [1.29, 1.82) is 0 Å². The fourth-order valence-corrected chi connectivity index (χ4v) is 2.71. The van der Waals surface area contributed by atoms with Crippen LogP contribution in [0, 0.1) is 5.92 Å². The molecule has 5 heteroatoms. The van der Waals surface area contributed by atoms with Crippen molar-refractivity contribution >= 4 is 11.6 Å². The predicted molar refractivity (Wildman–Crippen MR) is 90.8 cm³/mol. The van der Waals surface area contributed by atoms with Gasteiger partial charge in [0.2, 0.25) is 0 Å². The molecule has 1 aromatic heterocycles. The Morgan fingerprint density at radius 2 is 2.05 bits per heavy atom. The Balaban J connectivity index is 2.55. The Hall–Kier alpha value is -0.580. The number of hydrogen-bond acceptors (Lipinski definition) is 3. The van der Waals surface area contributed by atoms with E-state index in [1.165, 1.54) is 6.42 Å². The highest BCUT2D eigenvalue weighted by Crippen LogP contribution is 2.15. The van der Waals surface area contributed by atoms with E-state index in [-0.39, 0.29) is 0 Å². The Bertz CT molecular complexity index is 391. The van der Waals surface area contributed by atoms with Gasteiger partial charge in [0.1, 0.15) is 5.82 Å². The average Bonchev–Trinajstić information content (AvgIpc) is 2.73. The fourth-order valence-electron chi connectivity index (χ4n) is 2.50. The Labute approximate surface area is 134 Å². The molecule has 0 amide bonds. The van der Waals surface area contributed by atoms with Crippen LogP contribution in [0.2, 0.25) is 5.15 Å². The van der Waals surface area contributed by atoms with Gasteiger partial charge in [0, 0.05) is 25.6 Å². The van der Waals surface area contributed by atoms with Gasteiger partial charge in [-0.2, -0.15) is 0 Å². The Morgan fingerprint density at radius 1 is 1.33 bits per heavy atom. The minimum absolute atomic E-state index is 0.471. The van der Waals surface area contributed by atoms with Crippen LogP contribution < -0.4 is 5.32 Å². The maximum atomic E-state index is 6.23. The van der Waals surface area contributed by atoms with Gasteiger partial charge in [-0.3, -0.25) is 0 Å². The van der Waals surface area contributed by atoms with Crippen molar-refractivity contribution < 1.29 is 0 Å². The van der Waals surface area contributed by atoms with Crippen LogP contribution in [0.3, 0.4) is 0 Å². The topological polar surface area (TPSA) is 44.0 Å². The molecular formula is C16H31ClN4. The second kappa shape index (κ2) is 9.44. The lowest BCUT2D eigenvalue weighted by atomic mass is 10.0. The molecule has 1 unspecified atom stereocenters. The van der Waals surface area contributed by atoms with Crippen LogP contribution in [0.1, 0.15) is 51.6 Å². The molecule has 0 radical (unpaired) electrons. The number of aromatic nitrogens is 2. The van der Waals surface area contributed by atoms with Crippen molar-refractivity contribution in [1.82, 2.24) is 20.2 Å². The standard InChI is InChI=1S/C16H31ClN4/c1-6-7-8-15-19-14(16(17)20-15)10-18-13(9-12(2)3)11-21(4)5/h12-13,18H,6-11H2,1-5H3,(H,19,20). The summed E-state index contributed by atoms with van der Waals surface area (Å²) >= 11 is 6.23. The zero-order chi connectivity index (χ0) is 15.8. The van der Waals surface area contributed by atoms with Crippen molar-refractivity contribution in [3.8, 4) is 0 Å². The highest BCUT2D eigenvalue weighted by atomic mass is 35.5. The lowest BCUT2D eigenvalue weighted by Crippen LogP contribution is -2.38. The summed E-state index contributed by atoms with van der Waals surface area (Å²) in [6.07, 6.45) is 4.45. The number of H-pyrrole nitrogens is 1. The minimum Gasteiger partial charge on any atom is -0.344 e. The molecular weight excluding hydrogens is 284 g/mol. The third-order valence-corrected chi connectivity index (χ3v) is 3.77. The second-order valence-electron chi connectivity index (χ2n) is 6.53. The first kappa shape index (κ1) is 18.5. The summed E-state index contributed by atoms with van der Waals surface area (Å²) in [7, 11) is 4.22. The molecule has 2 N–H and O–H groups in total. The molecule has 0 aromatic carbocycles. The number of unbranched alkanes of at least 4 members (excludes halogenated alkanes) is 1. The number of halogens is 1. The molecule has 1 heterocycles. The molecule has 0 bridgehead atoms. The lowest BCUT2D eigenvalue weighted by Gasteiger charge is -2.23. The van der Waals surface area contributed by atoms with Crippen LogP contribution in [0.4, 0.5) is 0 Å². The molecule has 1 atom stereocenters. The maximum Gasteiger partial charge on any atom is 0.151 e. The van der Waals surface area contributed by atoms with E-state index < -0.39 is 0 Å². The lowest BCUT2D eigenvalue weighted by molar-refractivity contribution is 0.304. The van der Waals surface area contributed by atoms with Crippen LogP contribution in [0.25, 0.3) is 0 Å². The average molecular weight is 315 g/mol. The molecule has 0 aliphatic rings. The van der Waals surface area contributed by atoms with Crippen LogP contribution >= 0.6 is 11.6 Å². The van der Waals surface area contributed by atoms with Gasteiger partial charge in [-0.25, -0.2) is 4.98 Å². The number of rotatable bonds is 10. The molecule has 1 rings (SSSR count). The molecule has 0 saturated carbocycles. The summed E-state index contributed by atoms with van der Waals surface area (Å²) in [4.78, 5) is 9.99. The number of likely N-dealkylation sites (N-methyl/N-ethyl adjacent to an activating group) is 1. The predicted octanol–water partition coefficient (Wildman–Crippen LogP) is 3.47. The zero-order valence-corrected chi connectivity index (χ0v) is 14.9. The van der Waals surface area contributed by atoms with Crippen molar-refractivity contribution in [2.24, 2.45) is 5.92 Å². The molecule has 1 aromatic rings. The number of aromatic amines is 1. The van der Waals surface area contributed by atoms with Gasteiger partial charge < -0.3 is 15.2 Å². The van der Waals surface area contributed by atoms with Crippen LogP contribution in [-0.2, 0) is 13.0 Å². The zero-order valence-electron chi connectivity index (χ0n) is 14.2. The number of imidazole rings is 1. The number of nitrogens with one attached hydrogen (secondary N) is 2. The van der Waals surface area contributed by atoms with Crippen LogP contribution in [0.15, 0.2) is 0 Å². The molecule has 0 saturated heterocycles. The van der Waals surface area contributed by atoms with Gasteiger partial charge in [-0.1, -0.05) is 38.8 Å². The normalized spacial score (nSPS) is 13.3. The molecule has 122 valence electrons. The summed E-state index contributed by atoms with van der Waals surface area (Å²) in [6.45, 7) is 8.49. The first-order valence-corrected chi connectivity index (χ1v) is 8.41. The third kappa shape index (κ3) is 7.30. The largest absolute Gasteiger partial charge is 0.344 e. The quantitative estimate of drug-likeness (QED) is 0.695. The molecule has 0 fully saturated rings. The van der Waals surface area contributed by atoms with Gasteiger partial charge >= 0.3 is 0 Å². The summed E-state index contributed by atoms with van der Waals surface area (Å²) in [6, 6.07) is 0.471. The number of nitrogens with zero attached hydrogens (tertiary/aromatic N) is 2. The first-order chi connectivity index (χ1) is 9.92. The molecule has 0 aliphatic carbocycles. The van der Waals surface area contributed by atoms with Gasteiger partial charge in [-0.15, -0.1) is 0 Å². The number of aryl methyl sites for hydroxylation is 1. The van der Waals surface area contributed by atoms with Crippen molar-refractivity contribution in [3.63, 3.8) is 0 Å². The van der Waals surface area contributed by atoms with E-state index in [1.54, 1.807) is 0 Å². The smallest absolute Gasteiger partial charge is 0.151 e. The van der Waals surface area contributed by atoms with E-state index in [0.29, 0.717) is 17.1 Å². The van der Waals surface area contributed by atoms with Gasteiger partial charge in [0.15, 0.2) is 5.15 Å².